The van der Waals surface area contributed by atoms with Crippen LogP contribution >= 0.6 is 12.4 Å². The molecule has 3 saturated carbocycles. The van der Waals surface area contributed by atoms with Gasteiger partial charge in [-0.15, -0.1) is 12.4 Å². The summed E-state index contributed by atoms with van der Waals surface area (Å²) in [5.74, 6) is -3.43. The van der Waals surface area contributed by atoms with Crippen LogP contribution in [0.15, 0.2) is 15.0 Å². The lowest BCUT2D eigenvalue weighted by Gasteiger charge is -2.31. The Bertz CT molecular complexity index is 1660. The number of rotatable bonds is 29. The van der Waals surface area contributed by atoms with Crippen molar-refractivity contribution >= 4 is 65.7 Å². The number of primary amides is 1. The van der Waals surface area contributed by atoms with Gasteiger partial charge in [0.2, 0.25) is 35.4 Å². The van der Waals surface area contributed by atoms with Gasteiger partial charge in [-0.05, 0) is 75.5 Å². The molecule has 6 amide bonds. The number of carbonyl (C=O) groups is 6. The summed E-state index contributed by atoms with van der Waals surface area (Å²) < 4.78 is 0. The van der Waals surface area contributed by atoms with Crippen LogP contribution in [0.3, 0.4) is 0 Å². The van der Waals surface area contributed by atoms with Crippen LogP contribution in [0.5, 0.6) is 0 Å². The van der Waals surface area contributed by atoms with Gasteiger partial charge < -0.3 is 72.5 Å². The van der Waals surface area contributed by atoms with Gasteiger partial charge >= 0.3 is 0 Å². The zero-order chi connectivity index (χ0) is 49.1. The molecule has 0 aliphatic heterocycles. The molecule has 3 fully saturated rings. The SMILES string of the molecule is Cl.NC(=O)[C@@H](CCCN=C(N)N)NC(=O)[C@H](CC1CCCCC1)NC(=O)[C@@H](CCCN=C(N)N)NC(=O)[C@H](CC1CCCCC1)NC(=O)[C@@H](CCCN=C(N)N)NC(=O)[C@@H](N)CC1CCCCC1. The van der Waals surface area contributed by atoms with Crippen LogP contribution in [0.2, 0.25) is 0 Å². The third-order valence-electron chi connectivity index (χ3n) is 13.3. The number of guanidine groups is 3. The lowest BCUT2D eigenvalue weighted by Crippen LogP contribution is -2.60. The first kappa shape index (κ1) is 59.0. The summed E-state index contributed by atoms with van der Waals surface area (Å²) in [5.41, 5.74) is 45.2. The molecular formula is C45H85ClN16O6. The van der Waals surface area contributed by atoms with Crippen molar-refractivity contribution in [3.8, 4) is 0 Å². The minimum atomic E-state index is -1.19. The highest BCUT2D eigenvalue weighted by Gasteiger charge is 2.35. The van der Waals surface area contributed by atoms with Gasteiger partial charge in [-0.1, -0.05) is 96.3 Å². The van der Waals surface area contributed by atoms with Crippen LogP contribution in [0.25, 0.3) is 0 Å². The Hall–Kier alpha value is -5.12. The summed E-state index contributed by atoms with van der Waals surface area (Å²) in [4.78, 5) is 95.3. The number of nitrogens with two attached hydrogens (primary N) is 8. The monoisotopic (exact) mass is 981 g/mol. The van der Waals surface area contributed by atoms with E-state index in [0.717, 1.165) is 96.3 Å². The fourth-order valence-electron chi connectivity index (χ4n) is 9.57. The predicted octanol–water partition coefficient (Wildman–Crippen LogP) is -0.283. The standard InChI is InChI=1S/C45H84N16O6.ClH/c46-31(25-28-13-4-1-5-14-28)38(63)58-33(20-11-23-55-44(50)51)39(64)61-36(27-30-17-8-3-9-18-30)42(67)59-34(21-12-24-56-45(52)53)40(65)60-35(26-29-15-6-2-7-16-29)41(66)57-32(37(47)62)19-10-22-54-43(48)49;/h28-36H,1-27,46H2,(H2,47,62)(H,57,66)(H,58,63)(H,59,67)(H,60,65)(H,61,64)(H4,48,49,54)(H4,50,51,55)(H4,52,53,56);1H/t31-,32+,33+,34+,35-,36-;/m0./s1. The number of aliphatic imine (C=N–C) groups is 3. The number of amides is 6. The maximum atomic E-state index is 14.6. The van der Waals surface area contributed by atoms with Crippen molar-refractivity contribution < 1.29 is 28.8 Å². The van der Waals surface area contributed by atoms with E-state index in [1.165, 1.54) is 0 Å². The molecular weight excluding hydrogens is 896 g/mol. The van der Waals surface area contributed by atoms with E-state index in [4.69, 9.17) is 45.9 Å². The van der Waals surface area contributed by atoms with Crippen molar-refractivity contribution in [3.05, 3.63) is 0 Å². The largest absolute Gasteiger partial charge is 0.370 e. The summed E-state index contributed by atoms with van der Waals surface area (Å²) in [6.07, 6.45) is 17.3. The molecule has 21 N–H and O–H groups in total. The maximum Gasteiger partial charge on any atom is 0.243 e. The van der Waals surface area contributed by atoms with E-state index in [-0.39, 0.29) is 87.4 Å². The third-order valence-corrected chi connectivity index (χ3v) is 13.3. The number of halogens is 1. The highest BCUT2D eigenvalue weighted by molar-refractivity contribution is 5.96. The molecule has 0 aromatic rings. The van der Waals surface area contributed by atoms with Crippen molar-refractivity contribution in [2.24, 2.45) is 78.6 Å². The molecule has 23 heteroatoms. The number of nitrogens with zero attached hydrogens (tertiary/aromatic N) is 3. The number of nitrogens with one attached hydrogen (secondary N) is 5. The van der Waals surface area contributed by atoms with Gasteiger partial charge in [0.15, 0.2) is 17.9 Å². The molecule has 0 spiro atoms. The van der Waals surface area contributed by atoms with E-state index >= 15 is 0 Å². The second-order valence-corrected chi connectivity index (χ2v) is 18.9. The van der Waals surface area contributed by atoms with E-state index in [1.807, 2.05) is 0 Å². The van der Waals surface area contributed by atoms with Gasteiger partial charge in [-0.3, -0.25) is 43.7 Å². The Kier molecular flexibility index (Phi) is 28.3. The summed E-state index contributed by atoms with van der Waals surface area (Å²) in [6.45, 7) is 0.582. The minimum Gasteiger partial charge on any atom is -0.370 e. The predicted molar refractivity (Wildman–Crippen MR) is 267 cm³/mol. The smallest absolute Gasteiger partial charge is 0.243 e. The van der Waals surface area contributed by atoms with Gasteiger partial charge in [-0.25, -0.2) is 0 Å². The quantitative estimate of drug-likeness (QED) is 0.0261. The average molecular weight is 982 g/mol. The molecule has 0 bridgehead atoms. The van der Waals surface area contributed by atoms with Crippen LogP contribution in [-0.2, 0) is 28.8 Å². The minimum absolute atomic E-state index is 0. The van der Waals surface area contributed by atoms with Crippen molar-refractivity contribution in [2.75, 3.05) is 19.6 Å². The summed E-state index contributed by atoms with van der Waals surface area (Å²) >= 11 is 0. The second-order valence-electron chi connectivity index (χ2n) is 18.9. The van der Waals surface area contributed by atoms with Crippen LogP contribution in [0, 0.1) is 17.8 Å². The number of hydrogen-bond acceptors (Lipinski definition) is 10. The van der Waals surface area contributed by atoms with E-state index in [1.54, 1.807) is 0 Å². The topological polar surface area (TPSA) is 408 Å². The molecule has 0 heterocycles. The molecule has 0 unspecified atom stereocenters. The molecule has 22 nitrogen and oxygen atoms in total. The van der Waals surface area contributed by atoms with Crippen molar-refractivity contribution in [3.63, 3.8) is 0 Å². The molecule has 3 aliphatic rings. The Morgan fingerprint density at radius 3 is 1.01 bits per heavy atom. The van der Waals surface area contributed by atoms with Crippen molar-refractivity contribution in [1.29, 1.82) is 0 Å². The van der Waals surface area contributed by atoms with Crippen LogP contribution in [0.4, 0.5) is 0 Å². The second kappa shape index (κ2) is 32.6. The molecule has 3 rings (SSSR count). The Morgan fingerprint density at radius 1 is 0.397 bits per heavy atom. The van der Waals surface area contributed by atoms with Gasteiger partial charge in [0, 0.05) is 19.6 Å². The highest BCUT2D eigenvalue weighted by atomic mass is 35.5. The van der Waals surface area contributed by atoms with E-state index in [0.29, 0.717) is 38.0 Å². The van der Waals surface area contributed by atoms with Crippen molar-refractivity contribution in [2.45, 2.75) is 190 Å². The Morgan fingerprint density at radius 2 is 0.676 bits per heavy atom. The first-order chi connectivity index (χ1) is 32.0. The molecule has 68 heavy (non-hydrogen) atoms. The number of carbonyl (C=O) groups excluding carboxylic acids is 6. The molecule has 0 aromatic carbocycles. The Labute approximate surface area is 408 Å². The lowest BCUT2D eigenvalue weighted by atomic mass is 9.84. The van der Waals surface area contributed by atoms with Crippen LogP contribution < -0.4 is 72.5 Å². The zero-order valence-electron chi connectivity index (χ0n) is 40.1. The first-order valence-electron chi connectivity index (χ1n) is 24.7. The number of hydrogen-bond donors (Lipinski definition) is 13. The summed E-state index contributed by atoms with van der Waals surface area (Å²) in [6, 6.07) is -6.29. The molecule has 0 radical (unpaired) electrons. The zero-order valence-corrected chi connectivity index (χ0v) is 40.9. The molecule has 388 valence electrons. The van der Waals surface area contributed by atoms with Gasteiger partial charge in [-0.2, -0.15) is 0 Å². The van der Waals surface area contributed by atoms with E-state index in [9.17, 15) is 28.8 Å². The maximum absolute atomic E-state index is 14.6. The molecule has 6 atom stereocenters. The summed E-state index contributed by atoms with van der Waals surface area (Å²) in [5, 5.41) is 14.3. The molecule has 0 aromatic heterocycles. The van der Waals surface area contributed by atoms with Crippen LogP contribution in [0.1, 0.15) is 154 Å². The summed E-state index contributed by atoms with van der Waals surface area (Å²) in [7, 11) is 0. The Balaban J connectivity index is 0.0000159. The highest BCUT2D eigenvalue weighted by Crippen LogP contribution is 2.30. The van der Waals surface area contributed by atoms with Crippen molar-refractivity contribution in [1.82, 2.24) is 26.6 Å². The fraction of sp³-hybridized carbons (Fsp3) is 0.800. The first-order valence-corrected chi connectivity index (χ1v) is 24.7. The van der Waals surface area contributed by atoms with E-state index in [2.05, 4.69) is 41.6 Å². The van der Waals surface area contributed by atoms with Gasteiger partial charge in [0.25, 0.3) is 0 Å². The van der Waals surface area contributed by atoms with Gasteiger partial charge in [0.05, 0.1) is 6.04 Å². The fourth-order valence-corrected chi connectivity index (χ4v) is 9.57. The third kappa shape index (κ3) is 23.7. The van der Waals surface area contributed by atoms with Crippen LogP contribution in [-0.4, -0.2) is 109 Å². The molecule has 3 aliphatic carbocycles. The van der Waals surface area contributed by atoms with Gasteiger partial charge in [0.1, 0.15) is 30.2 Å². The average Bonchev–Trinajstić information content (AvgIpc) is 3.29. The molecule has 0 saturated heterocycles. The lowest BCUT2D eigenvalue weighted by molar-refractivity contribution is -0.135. The van der Waals surface area contributed by atoms with E-state index < -0.39 is 71.7 Å². The normalized spacial score (nSPS) is 18.3.